The molecule has 1 saturated heterocycles. The standard InChI is InChI=1S/C16H21FN2O2/c1-11(16(20)19-6-8-21-9-7-19)18-15-5-2-12-10-13(17)3-4-14(12)15/h3-4,10-11,15,18H,2,5-9H2,1H3. The number of ether oxygens (including phenoxy) is 1. The summed E-state index contributed by atoms with van der Waals surface area (Å²) >= 11 is 0. The summed E-state index contributed by atoms with van der Waals surface area (Å²) in [5.74, 6) is -0.0688. The average molecular weight is 292 g/mol. The summed E-state index contributed by atoms with van der Waals surface area (Å²) in [6.07, 6.45) is 1.78. The van der Waals surface area contributed by atoms with Crippen molar-refractivity contribution in [2.75, 3.05) is 26.3 Å². The first kappa shape index (κ1) is 14.5. The Balaban J connectivity index is 1.63. The Labute approximate surface area is 124 Å². The van der Waals surface area contributed by atoms with Gasteiger partial charge in [0.05, 0.1) is 19.3 Å². The van der Waals surface area contributed by atoms with Gasteiger partial charge in [0.25, 0.3) is 0 Å². The number of aryl methyl sites for hydroxylation is 1. The Morgan fingerprint density at radius 2 is 2.19 bits per heavy atom. The van der Waals surface area contributed by atoms with E-state index in [0.29, 0.717) is 26.3 Å². The van der Waals surface area contributed by atoms with Crippen LogP contribution in [0.4, 0.5) is 4.39 Å². The average Bonchev–Trinajstić information content (AvgIpc) is 2.89. The van der Waals surface area contributed by atoms with Gasteiger partial charge in [-0.15, -0.1) is 0 Å². The lowest BCUT2D eigenvalue weighted by atomic mass is 10.1. The minimum atomic E-state index is -0.232. The van der Waals surface area contributed by atoms with E-state index >= 15 is 0 Å². The molecule has 0 spiro atoms. The molecule has 0 aromatic heterocycles. The van der Waals surface area contributed by atoms with Gasteiger partial charge >= 0.3 is 0 Å². The number of fused-ring (bicyclic) bond motifs is 1. The van der Waals surface area contributed by atoms with Crippen LogP contribution in [0.1, 0.15) is 30.5 Å². The second kappa shape index (κ2) is 6.12. The number of hydrogen-bond donors (Lipinski definition) is 1. The first-order chi connectivity index (χ1) is 10.1. The molecule has 1 fully saturated rings. The third-order valence-corrected chi connectivity index (χ3v) is 4.33. The maximum absolute atomic E-state index is 13.2. The van der Waals surface area contributed by atoms with E-state index in [-0.39, 0.29) is 23.8 Å². The lowest BCUT2D eigenvalue weighted by Crippen LogP contribution is -2.49. The molecule has 1 heterocycles. The maximum atomic E-state index is 13.2. The highest BCUT2D eigenvalue weighted by Crippen LogP contribution is 2.31. The number of carbonyl (C=O) groups excluding carboxylic acids is 1. The van der Waals surface area contributed by atoms with E-state index in [1.54, 1.807) is 6.07 Å². The summed E-state index contributed by atoms with van der Waals surface area (Å²) in [6, 6.07) is 4.84. The number of nitrogens with one attached hydrogen (secondary N) is 1. The van der Waals surface area contributed by atoms with Crippen molar-refractivity contribution in [2.24, 2.45) is 0 Å². The lowest BCUT2D eigenvalue weighted by Gasteiger charge is -2.30. The van der Waals surface area contributed by atoms with Gasteiger partial charge in [-0.1, -0.05) is 6.07 Å². The highest BCUT2D eigenvalue weighted by Gasteiger charge is 2.28. The molecule has 2 atom stereocenters. The zero-order chi connectivity index (χ0) is 14.8. The summed E-state index contributed by atoms with van der Waals surface area (Å²) in [5.41, 5.74) is 2.18. The minimum absolute atomic E-state index is 0.119. The molecule has 5 heteroatoms. The quantitative estimate of drug-likeness (QED) is 0.921. The molecule has 1 aromatic carbocycles. The molecule has 0 bridgehead atoms. The smallest absolute Gasteiger partial charge is 0.239 e. The molecular weight excluding hydrogens is 271 g/mol. The van der Waals surface area contributed by atoms with Crippen molar-refractivity contribution in [3.05, 3.63) is 35.1 Å². The van der Waals surface area contributed by atoms with Crippen molar-refractivity contribution < 1.29 is 13.9 Å². The Kier molecular flexibility index (Phi) is 4.22. The fraction of sp³-hybridized carbons (Fsp3) is 0.562. The van der Waals surface area contributed by atoms with Crippen molar-refractivity contribution >= 4 is 5.91 Å². The molecule has 114 valence electrons. The minimum Gasteiger partial charge on any atom is -0.378 e. The Bertz CT molecular complexity index is 529. The molecule has 1 N–H and O–H groups in total. The number of nitrogens with zero attached hydrogens (tertiary/aromatic N) is 1. The predicted molar refractivity (Wildman–Crippen MR) is 77.5 cm³/mol. The summed E-state index contributed by atoms with van der Waals surface area (Å²) in [6.45, 7) is 4.46. The Morgan fingerprint density at radius 1 is 1.43 bits per heavy atom. The molecule has 4 nitrogen and oxygen atoms in total. The van der Waals surface area contributed by atoms with Crippen LogP contribution in [0, 0.1) is 5.82 Å². The van der Waals surface area contributed by atoms with Crippen LogP contribution in [0.2, 0.25) is 0 Å². The molecule has 1 aliphatic carbocycles. The van der Waals surface area contributed by atoms with Crippen molar-refractivity contribution in [1.29, 1.82) is 0 Å². The molecule has 0 radical (unpaired) electrons. The normalized spacial score (nSPS) is 23.0. The number of hydrogen-bond acceptors (Lipinski definition) is 3. The molecule has 0 saturated carbocycles. The van der Waals surface area contributed by atoms with Crippen LogP contribution in [0.3, 0.4) is 0 Å². The summed E-state index contributed by atoms with van der Waals surface area (Å²) in [4.78, 5) is 14.2. The zero-order valence-electron chi connectivity index (χ0n) is 12.3. The highest BCUT2D eigenvalue weighted by molar-refractivity contribution is 5.81. The molecule has 1 amide bonds. The number of benzene rings is 1. The van der Waals surface area contributed by atoms with E-state index in [1.807, 2.05) is 17.9 Å². The fourth-order valence-electron chi connectivity index (χ4n) is 3.19. The van der Waals surface area contributed by atoms with E-state index in [9.17, 15) is 9.18 Å². The van der Waals surface area contributed by atoms with E-state index < -0.39 is 0 Å². The van der Waals surface area contributed by atoms with Crippen molar-refractivity contribution in [3.63, 3.8) is 0 Å². The highest BCUT2D eigenvalue weighted by atomic mass is 19.1. The maximum Gasteiger partial charge on any atom is 0.239 e. The second-order valence-electron chi connectivity index (χ2n) is 5.76. The predicted octanol–water partition coefficient (Wildman–Crippen LogP) is 1.65. The summed E-state index contributed by atoms with van der Waals surface area (Å²) in [5, 5.41) is 3.40. The number of halogens is 1. The van der Waals surface area contributed by atoms with Gasteiger partial charge in [-0.2, -0.15) is 0 Å². The van der Waals surface area contributed by atoms with Gasteiger partial charge < -0.3 is 9.64 Å². The van der Waals surface area contributed by atoms with Gasteiger partial charge in [-0.25, -0.2) is 4.39 Å². The second-order valence-corrected chi connectivity index (χ2v) is 5.76. The van der Waals surface area contributed by atoms with E-state index in [1.165, 1.54) is 6.07 Å². The first-order valence-corrected chi connectivity index (χ1v) is 7.56. The third kappa shape index (κ3) is 3.09. The Morgan fingerprint density at radius 3 is 2.95 bits per heavy atom. The van der Waals surface area contributed by atoms with Crippen LogP contribution in [0.15, 0.2) is 18.2 Å². The van der Waals surface area contributed by atoms with E-state index in [2.05, 4.69) is 5.32 Å². The molecule has 2 aliphatic rings. The fourth-order valence-corrected chi connectivity index (χ4v) is 3.19. The van der Waals surface area contributed by atoms with Crippen LogP contribution in [-0.4, -0.2) is 43.2 Å². The van der Waals surface area contributed by atoms with Gasteiger partial charge in [0.2, 0.25) is 5.91 Å². The molecule has 3 rings (SSSR count). The van der Waals surface area contributed by atoms with Gasteiger partial charge in [0, 0.05) is 19.1 Å². The van der Waals surface area contributed by atoms with Gasteiger partial charge in [0.1, 0.15) is 5.82 Å². The van der Waals surface area contributed by atoms with E-state index in [4.69, 9.17) is 4.74 Å². The van der Waals surface area contributed by atoms with Gasteiger partial charge in [-0.05, 0) is 43.0 Å². The van der Waals surface area contributed by atoms with Crippen LogP contribution >= 0.6 is 0 Å². The topological polar surface area (TPSA) is 41.6 Å². The SMILES string of the molecule is CC(NC1CCc2cc(F)ccc21)C(=O)N1CCOCC1. The van der Waals surface area contributed by atoms with Crippen molar-refractivity contribution in [2.45, 2.75) is 31.8 Å². The lowest BCUT2D eigenvalue weighted by molar-refractivity contribution is -0.137. The summed E-state index contributed by atoms with van der Waals surface area (Å²) < 4.78 is 18.5. The molecule has 21 heavy (non-hydrogen) atoms. The Hall–Kier alpha value is -1.46. The molecular formula is C16H21FN2O2. The largest absolute Gasteiger partial charge is 0.378 e. The van der Waals surface area contributed by atoms with Crippen LogP contribution in [-0.2, 0) is 16.0 Å². The van der Waals surface area contributed by atoms with Crippen LogP contribution < -0.4 is 5.32 Å². The van der Waals surface area contributed by atoms with Crippen molar-refractivity contribution in [3.8, 4) is 0 Å². The summed E-state index contributed by atoms with van der Waals surface area (Å²) in [7, 11) is 0. The first-order valence-electron chi connectivity index (χ1n) is 7.56. The number of morpholine rings is 1. The van der Waals surface area contributed by atoms with E-state index in [0.717, 1.165) is 24.0 Å². The molecule has 1 aliphatic heterocycles. The van der Waals surface area contributed by atoms with Crippen LogP contribution in [0.5, 0.6) is 0 Å². The molecule has 2 unspecified atom stereocenters. The van der Waals surface area contributed by atoms with Gasteiger partial charge in [0.15, 0.2) is 0 Å². The number of carbonyl (C=O) groups is 1. The molecule has 1 aromatic rings. The monoisotopic (exact) mass is 292 g/mol. The zero-order valence-corrected chi connectivity index (χ0v) is 12.3. The third-order valence-electron chi connectivity index (χ3n) is 4.33. The van der Waals surface area contributed by atoms with Gasteiger partial charge in [-0.3, -0.25) is 10.1 Å². The van der Waals surface area contributed by atoms with Crippen molar-refractivity contribution in [1.82, 2.24) is 10.2 Å². The number of rotatable bonds is 3. The number of amides is 1. The van der Waals surface area contributed by atoms with Crippen LogP contribution in [0.25, 0.3) is 0 Å².